The molecular weight excluding hydrogens is 468 g/mol. The minimum atomic E-state index is -0.666. The maximum atomic E-state index is 13.7. The predicted octanol–water partition coefficient (Wildman–Crippen LogP) is 4.02. The fourth-order valence-electron chi connectivity index (χ4n) is 2.30. The number of anilines is 1. The number of amidine groups is 1. The number of thioether (sulfide) groups is 1. The summed E-state index contributed by atoms with van der Waals surface area (Å²) in [5, 5.41) is 2.32. The van der Waals surface area contributed by atoms with Crippen LogP contribution in [0.1, 0.15) is 6.42 Å². The van der Waals surface area contributed by atoms with E-state index in [1.54, 1.807) is 19.2 Å². The highest BCUT2D eigenvalue weighted by Gasteiger charge is 2.34. The van der Waals surface area contributed by atoms with Gasteiger partial charge in [-0.15, -0.1) is 0 Å². The molecule has 1 N–H and O–H groups in total. The molecule has 0 radical (unpaired) electrons. The van der Waals surface area contributed by atoms with Gasteiger partial charge in [0.1, 0.15) is 11.1 Å². The molecule has 5 nitrogen and oxygen atoms in total. The smallest absolute Gasteiger partial charge is 0.238 e. The van der Waals surface area contributed by atoms with Gasteiger partial charge in [0.05, 0.1) is 11.4 Å². The molecular formula is C18H15FIN3O2S. The zero-order valence-corrected chi connectivity index (χ0v) is 16.8. The molecule has 2 amide bonds. The molecule has 1 aliphatic heterocycles. The minimum Gasteiger partial charge on any atom is -0.323 e. The number of hydrogen-bond acceptors (Lipinski definition) is 4. The molecule has 134 valence electrons. The first-order valence-electron chi connectivity index (χ1n) is 7.77. The highest BCUT2D eigenvalue weighted by molar-refractivity contribution is 14.1. The number of amides is 2. The topological polar surface area (TPSA) is 61.8 Å². The molecule has 1 atom stereocenters. The number of rotatable bonds is 3. The Labute approximate surface area is 168 Å². The Balaban J connectivity index is 1.79. The van der Waals surface area contributed by atoms with Crippen molar-refractivity contribution in [1.29, 1.82) is 0 Å². The van der Waals surface area contributed by atoms with Crippen LogP contribution in [-0.2, 0) is 9.59 Å². The molecule has 1 fully saturated rings. The summed E-state index contributed by atoms with van der Waals surface area (Å²) >= 11 is 3.39. The molecule has 2 aromatic carbocycles. The number of nitrogens with one attached hydrogen (secondary N) is 1. The number of carbonyl (C=O) groups excluding carboxylic acids is 2. The second-order valence-corrected chi connectivity index (χ2v) is 8.02. The van der Waals surface area contributed by atoms with Crippen molar-refractivity contribution in [2.75, 3.05) is 12.4 Å². The molecule has 1 aliphatic rings. The number of halogens is 2. The van der Waals surface area contributed by atoms with Crippen LogP contribution < -0.4 is 5.32 Å². The van der Waals surface area contributed by atoms with Gasteiger partial charge in [0.15, 0.2) is 5.17 Å². The molecule has 2 aromatic rings. The van der Waals surface area contributed by atoms with Crippen molar-refractivity contribution in [2.24, 2.45) is 4.99 Å². The van der Waals surface area contributed by atoms with Crippen LogP contribution in [0.25, 0.3) is 0 Å². The van der Waals surface area contributed by atoms with Crippen molar-refractivity contribution in [1.82, 2.24) is 4.90 Å². The molecule has 0 saturated carbocycles. The summed E-state index contributed by atoms with van der Waals surface area (Å²) < 4.78 is 14.8. The van der Waals surface area contributed by atoms with Crippen LogP contribution >= 0.6 is 34.4 Å². The average Bonchev–Trinajstić information content (AvgIpc) is 2.62. The van der Waals surface area contributed by atoms with E-state index in [0.717, 1.165) is 3.57 Å². The first-order chi connectivity index (χ1) is 12.4. The van der Waals surface area contributed by atoms with Crippen LogP contribution in [0.15, 0.2) is 53.5 Å². The van der Waals surface area contributed by atoms with E-state index in [1.807, 2.05) is 24.3 Å². The Morgan fingerprint density at radius 3 is 2.65 bits per heavy atom. The second kappa shape index (κ2) is 8.17. The van der Waals surface area contributed by atoms with Crippen molar-refractivity contribution in [3.8, 4) is 0 Å². The summed E-state index contributed by atoms with van der Waals surface area (Å²) in [6, 6.07) is 13.4. The third kappa shape index (κ3) is 4.42. The Kier molecular flexibility index (Phi) is 5.92. The van der Waals surface area contributed by atoms with E-state index >= 15 is 0 Å². The van der Waals surface area contributed by atoms with Crippen LogP contribution in [0.5, 0.6) is 0 Å². The zero-order valence-electron chi connectivity index (χ0n) is 13.8. The molecule has 3 rings (SSSR count). The van der Waals surface area contributed by atoms with Gasteiger partial charge in [-0.1, -0.05) is 23.9 Å². The van der Waals surface area contributed by atoms with Gasteiger partial charge in [0, 0.05) is 17.0 Å². The van der Waals surface area contributed by atoms with E-state index in [9.17, 15) is 14.0 Å². The monoisotopic (exact) mass is 483 g/mol. The molecule has 26 heavy (non-hydrogen) atoms. The number of carbonyl (C=O) groups is 2. The van der Waals surface area contributed by atoms with Crippen LogP contribution in [0.2, 0.25) is 0 Å². The SMILES string of the molecule is CN1C(=O)C[C@@H](C(=O)Nc2ccccc2F)SC1=Nc1ccc(I)cc1. The molecule has 1 saturated heterocycles. The van der Waals surface area contributed by atoms with Gasteiger partial charge in [-0.25, -0.2) is 9.38 Å². The van der Waals surface area contributed by atoms with E-state index < -0.39 is 17.0 Å². The van der Waals surface area contributed by atoms with Crippen LogP contribution in [-0.4, -0.2) is 34.2 Å². The normalized spacial score (nSPS) is 18.9. The highest BCUT2D eigenvalue weighted by atomic mass is 127. The van der Waals surface area contributed by atoms with E-state index in [2.05, 4.69) is 32.9 Å². The van der Waals surface area contributed by atoms with Gasteiger partial charge in [-0.05, 0) is 59.0 Å². The summed E-state index contributed by atoms with van der Waals surface area (Å²) in [4.78, 5) is 30.7. The lowest BCUT2D eigenvalue weighted by Gasteiger charge is -2.28. The first-order valence-corrected chi connectivity index (χ1v) is 9.73. The van der Waals surface area contributed by atoms with Crippen LogP contribution in [0, 0.1) is 9.39 Å². The fraction of sp³-hybridized carbons (Fsp3) is 0.167. The number of hydrogen-bond donors (Lipinski definition) is 1. The Morgan fingerprint density at radius 2 is 1.96 bits per heavy atom. The summed E-state index contributed by atoms with van der Waals surface area (Å²) in [6.45, 7) is 0. The number of para-hydroxylation sites is 1. The molecule has 8 heteroatoms. The lowest BCUT2D eigenvalue weighted by molar-refractivity contribution is -0.128. The summed E-state index contributed by atoms with van der Waals surface area (Å²) in [7, 11) is 1.63. The third-order valence-corrected chi connectivity index (χ3v) is 5.70. The third-order valence-electron chi connectivity index (χ3n) is 3.74. The number of benzene rings is 2. The van der Waals surface area contributed by atoms with Gasteiger partial charge in [-0.2, -0.15) is 0 Å². The maximum absolute atomic E-state index is 13.7. The average molecular weight is 483 g/mol. The van der Waals surface area contributed by atoms with Crippen LogP contribution in [0.4, 0.5) is 15.8 Å². The lowest BCUT2D eigenvalue weighted by Crippen LogP contribution is -2.43. The number of nitrogens with zero attached hydrogens (tertiary/aromatic N) is 2. The van der Waals surface area contributed by atoms with Crippen molar-refractivity contribution >= 4 is 62.7 Å². The van der Waals surface area contributed by atoms with Crippen LogP contribution in [0.3, 0.4) is 0 Å². The van der Waals surface area contributed by atoms with Gasteiger partial charge < -0.3 is 5.32 Å². The van der Waals surface area contributed by atoms with Crippen molar-refractivity contribution in [2.45, 2.75) is 11.7 Å². The molecule has 0 bridgehead atoms. The van der Waals surface area contributed by atoms with E-state index in [4.69, 9.17) is 0 Å². The molecule has 0 aromatic heterocycles. The van der Waals surface area contributed by atoms with Crippen molar-refractivity contribution < 1.29 is 14.0 Å². The van der Waals surface area contributed by atoms with Crippen molar-refractivity contribution in [3.05, 3.63) is 57.9 Å². The fourth-order valence-corrected chi connectivity index (χ4v) is 3.72. The molecule has 0 unspecified atom stereocenters. The van der Waals surface area contributed by atoms with Gasteiger partial charge in [-0.3, -0.25) is 14.5 Å². The second-order valence-electron chi connectivity index (χ2n) is 5.60. The Morgan fingerprint density at radius 1 is 1.27 bits per heavy atom. The van der Waals surface area contributed by atoms with Gasteiger partial charge >= 0.3 is 0 Å². The maximum Gasteiger partial charge on any atom is 0.238 e. The predicted molar refractivity (Wildman–Crippen MR) is 110 cm³/mol. The number of aliphatic imine (C=N–C) groups is 1. The lowest BCUT2D eigenvalue weighted by atomic mass is 10.2. The molecule has 0 aliphatic carbocycles. The van der Waals surface area contributed by atoms with E-state index in [1.165, 1.54) is 28.8 Å². The minimum absolute atomic E-state index is 0.0349. The van der Waals surface area contributed by atoms with Crippen molar-refractivity contribution in [3.63, 3.8) is 0 Å². The quantitative estimate of drug-likeness (QED) is 0.672. The highest BCUT2D eigenvalue weighted by Crippen LogP contribution is 2.29. The largest absolute Gasteiger partial charge is 0.323 e. The molecule has 0 spiro atoms. The van der Waals surface area contributed by atoms with E-state index in [-0.39, 0.29) is 18.0 Å². The summed E-state index contributed by atoms with van der Waals surface area (Å²) in [5.74, 6) is -1.14. The first kappa shape index (κ1) is 18.8. The van der Waals surface area contributed by atoms with E-state index in [0.29, 0.717) is 10.9 Å². The summed E-state index contributed by atoms with van der Waals surface area (Å²) in [6.07, 6.45) is 0.0349. The standard InChI is InChI=1S/C18H15FIN3O2S/c1-23-16(24)10-15(17(25)22-14-5-3-2-4-13(14)19)26-18(23)21-12-8-6-11(20)7-9-12/h2-9,15H,10H2,1H3,(H,22,25)/t15-/m0/s1. The van der Waals surface area contributed by atoms with Gasteiger partial charge in [0.25, 0.3) is 0 Å². The Hall–Kier alpha value is -1.94. The molecule has 1 heterocycles. The Bertz CT molecular complexity index is 873. The van der Waals surface area contributed by atoms with Gasteiger partial charge in [0.2, 0.25) is 11.8 Å². The zero-order chi connectivity index (χ0) is 18.7. The summed E-state index contributed by atoms with van der Waals surface area (Å²) in [5.41, 5.74) is 0.795.